The number of aryl methyl sites for hydroxylation is 3. The minimum Gasteiger partial charge on any atom is -0.305 e. The maximum Gasteiger partial charge on any atom is 0.262 e. The first-order chi connectivity index (χ1) is 13.0. The molecule has 0 fully saturated rings. The zero-order chi connectivity index (χ0) is 19.0. The summed E-state index contributed by atoms with van der Waals surface area (Å²) in [5.41, 5.74) is 2.01. The first-order valence-corrected chi connectivity index (χ1v) is 9.09. The highest BCUT2D eigenvalue weighted by atomic mass is 32.1. The second-order valence-electron chi connectivity index (χ2n) is 5.98. The number of carbonyl (C=O) groups is 1. The normalized spacial score (nSPS) is 10.9. The Morgan fingerprint density at radius 3 is 2.78 bits per heavy atom. The van der Waals surface area contributed by atoms with Crippen LogP contribution in [-0.2, 0) is 7.05 Å². The van der Waals surface area contributed by atoms with E-state index in [1.807, 2.05) is 19.1 Å². The third kappa shape index (κ3) is 3.13. The zero-order valence-electron chi connectivity index (χ0n) is 15.0. The maximum atomic E-state index is 13.0. The molecule has 8 nitrogen and oxygen atoms in total. The molecule has 0 unspecified atom stereocenters. The van der Waals surface area contributed by atoms with Crippen molar-refractivity contribution in [3.8, 4) is 16.4 Å². The van der Waals surface area contributed by atoms with Gasteiger partial charge in [-0.3, -0.25) is 9.78 Å². The fourth-order valence-corrected chi connectivity index (χ4v) is 3.72. The number of rotatable bonds is 4. The lowest BCUT2D eigenvalue weighted by atomic mass is 10.2. The van der Waals surface area contributed by atoms with Gasteiger partial charge < -0.3 is 5.32 Å². The quantitative estimate of drug-likeness (QED) is 0.589. The van der Waals surface area contributed by atoms with E-state index in [2.05, 4.69) is 25.5 Å². The van der Waals surface area contributed by atoms with Crippen molar-refractivity contribution in [2.45, 2.75) is 13.8 Å². The number of pyridine rings is 1. The van der Waals surface area contributed by atoms with E-state index >= 15 is 0 Å². The van der Waals surface area contributed by atoms with Crippen LogP contribution in [0.1, 0.15) is 20.9 Å². The Labute approximate surface area is 159 Å². The lowest BCUT2D eigenvalue weighted by molar-refractivity contribution is 0.102. The summed E-state index contributed by atoms with van der Waals surface area (Å²) in [6, 6.07) is 5.60. The molecule has 0 spiro atoms. The molecule has 4 aromatic heterocycles. The van der Waals surface area contributed by atoms with Gasteiger partial charge in [-0.25, -0.2) is 14.3 Å². The Morgan fingerprint density at radius 2 is 2.07 bits per heavy atom. The number of aromatic nitrogens is 6. The van der Waals surface area contributed by atoms with Gasteiger partial charge in [-0.2, -0.15) is 10.2 Å². The summed E-state index contributed by atoms with van der Waals surface area (Å²) in [5, 5.41) is 12.3. The van der Waals surface area contributed by atoms with Gasteiger partial charge in [0.15, 0.2) is 5.82 Å². The molecular weight excluding hydrogens is 362 g/mol. The fraction of sp³-hybridized carbons (Fsp3) is 0.167. The summed E-state index contributed by atoms with van der Waals surface area (Å²) in [6.45, 7) is 3.73. The van der Waals surface area contributed by atoms with Crippen molar-refractivity contribution < 1.29 is 4.79 Å². The van der Waals surface area contributed by atoms with Gasteiger partial charge >= 0.3 is 0 Å². The number of anilines is 1. The van der Waals surface area contributed by atoms with Gasteiger partial charge in [-0.1, -0.05) is 0 Å². The van der Waals surface area contributed by atoms with Gasteiger partial charge in [-0.15, -0.1) is 11.3 Å². The summed E-state index contributed by atoms with van der Waals surface area (Å²) in [6.07, 6.45) is 6.91. The number of hydrogen-bond acceptors (Lipinski definition) is 6. The summed E-state index contributed by atoms with van der Waals surface area (Å²) in [5.74, 6) is 0.881. The lowest BCUT2D eigenvalue weighted by Gasteiger charge is -2.07. The lowest BCUT2D eigenvalue weighted by Crippen LogP contribution is -2.17. The number of carbonyl (C=O) groups excluding carboxylic acids is 1. The van der Waals surface area contributed by atoms with Crippen molar-refractivity contribution in [2.24, 2.45) is 7.05 Å². The van der Waals surface area contributed by atoms with Crippen LogP contribution in [0.4, 0.5) is 5.82 Å². The third-order valence-corrected chi connectivity index (χ3v) is 5.10. The number of nitrogens with one attached hydrogen (secondary N) is 1. The SMILES string of the molecule is Cc1nn(C)c(-n2cccn2)c1C(=O)Nc1nc(-c2cccnc2)sc1C. The number of hydrogen-bond donors (Lipinski definition) is 1. The minimum atomic E-state index is -0.266. The summed E-state index contributed by atoms with van der Waals surface area (Å²) in [4.78, 5) is 22.6. The molecule has 4 aromatic rings. The van der Waals surface area contributed by atoms with Gasteiger partial charge in [-0.05, 0) is 32.0 Å². The first kappa shape index (κ1) is 17.1. The molecule has 27 heavy (non-hydrogen) atoms. The van der Waals surface area contributed by atoms with Gasteiger partial charge in [0, 0.05) is 42.3 Å². The van der Waals surface area contributed by atoms with Gasteiger partial charge in [0.25, 0.3) is 5.91 Å². The van der Waals surface area contributed by atoms with Gasteiger partial charge in [0.05, 0.1) is 5.69 Å². The molecule has 0 aliphatic carbocycles. The molecule has 4 rings (SSSR count). The summed E-state index contributed by atoms with van der Waals surface area (Å²) >= 11 is 1.51. The highest BCUT2D eigenvalue weighted by molar-refractivity contribution is 7.15. The van der Waals surface area contributed by atoms with Crippen LogP contribution in [-0.4, -0.2) is 35.4 Å². The molecule has 0 aliphatic rings. The highest BCUT2D eigenvalue weighted by Crippen LogP contribution is 2.30. The van der Waals surface area contributed by atoms with E-state index in [4.69, 9.17) is 0 Å². The Balaban J connectivity index is 1.67. The smallest absolute Gasteiger partial charge is 0.262 e. The third-order valence-electron chi connectivity index (χ3n) is 4.08. The van der Waals surface area contributed by atoms with Crippen LogP contribution in [0.2, 0.25) is 0 Å². The Bertz CT molecular complexity index is 1100. The summed E-state index contributed by atoms with van der Waals surface area (Å²) in [7, 11) is 1.79. The van der Waals surface area contributed by atoms with E-state index in [1.165, 1.54) is 11.3 Å². The topological polar surface area (TPSA) is 90.5 Å². The Kier molecular flexibility index (Phi) is 4.28. The largest absolute Gasteiger partial charge is 0.305 e. The molecule has 0 saturated heterocycles. The molecule has 1 amide bonds. The molecule has 0 radical (unpaired) electrons. The average molecular weight is 379 g/mol. The number of thiazole rings is 1. The molecule has 1 N–H and O–H groups in total. The van der Waals surface area contributed by atoms with Crippen LogP contribution in [0.15, 0.2) is 43.0 Å². The monoisotopic (exact) mass is 379 g/mol. The molecule has 0 atom stereocenters. The highest BCUT2D eigenvalue weighted by Gasteiger charge is 2.23. The van der Waals surface area contributed by atoms with E-state index in [1.54, 1.807) is 54.2 Å². The second kappa shape index (κ2) is 6.76. The predicted octanol–water partition coefficient (Wildman–Crippen LogP) is 2.99. The van der Waals surface area contributed by atoms with Crippen molar-refractivity contribution in [3.05, 3.63) is 59.1 Å². The standard InChI is InChI=1S/C18H17N7OS/c1-11-14(18(24(3)23-11)25-9-5-8-20-25)16(26)21-15-12(2)27-17(22-15)13-6-4-7-19-10-13/h4-10H,1-3H3,(H,21,26). The van der Waals surface area contributed by atoms with Crippen LogP contribution in [0.25, 0.3) is 16.4 Å². The zero-order valence-corrected chi connectivity index (χ0v) is 15.9. The maximum absolute atomic E-state index is 13.0. The second-order valence-corrected chi connectivity index (χ2v) is 7.18. The van der Waals surface area contributed by atoms with E-state index in [0.29, 0.717) is 22.9 Å². The first-order valence-electron chi connectivity index (χ1n) is 8.27. The summed E-state index contributed by atoms with van der Waals surface area (Å²) < 4.78 is 3.27. The van der Waals surface area contributed by atoms with Crippen molar-refractivity contribution in [3.63, 3.8) is 0 Å². The minimum absolute atomic E-state index is 0.266. The Hall–Kier alpha value is -3.33. The van der Waals surface area contributed by atoms with Gasteiger partial charge in [0.1, 0.15) is 16.4 Å². The molecule has 0 aliphatic heterocycles. The van der Waals surface area contributed by atoms with Gasteiger partial charge in [0.2, 0.25) is 0 Å². The average Bonchev–Trinajstić information content (AvgIpc) is 3.36. The van der Waals surface area contributed by atoms with Crippen molar-refractivity contribution >= 4 is 23.1 Å². The fourth-order valence-electron chi connectivity index (χ4n) is 2.86. The molecular formula is C18H17N7OS. The Morgan fingerprint density at radius 1 is 1.22 bits per heavy atom. The molecule has 0 aromatic carbocycles. The van der Waals surface area contributed by atoms with E-state index in [0.717, 1.165) is 15.4 Å². The molecule has 0 bridgehead atoms. The number of nitrogens with zero attached hydrogens (tertiary/aromatic N) is 6. The number of amides is 1. The van der Waals surface area contributed by atoms with E-state index in [9.17, 15) is 4.79 Å². The van der Waals surface area contributed by atoms with Crippen LogP contribution >= 0.6 is 11.3 Å². The predicted molar refractivity (Wildman–Crippen MR) is 103 cm³/mol. The van der Waals surface area contributed by atoms with E-state index < -0.39 is 0 Å². The molecule has 9 heteroatoms. The van der Waals surface area contributed by atoms with Crippen molar-refractivity contribution in [1.29, 1.82) is 0 Å². The van der Waals surface area contributed by atoms with E-state index in [-0.39, 0.29) is 5.91 Å². The van der Waals surface area contributed by atoms with Crippen LogP contribution in [0, 0.1) is 13.8 Å². The molecule has 4 heterocycles. The molecule has 136 valence electrons. The van der Waals surface area contributed by atoms with Crippen LogP contribution in [0.3, 0.4) is 0 Å². The van der Waals surface area contributed by atoms with Crippen molar-refractivity contribution in [1.82, 2.24) is 29.5 Å². The van der Waals surface area contributed by atoms with Crippen LogP contribution in [0.5, 0.6) is 0 Å². The van der Waals surface area contributed by atoms with Crippen LogP contribution < -0.4 is 5.32 Å². The molecule has 0 saturated carbocycles. The van der Waals surface area contributed by atoms with Crippen molar-refractivity contribution in [2.75, 3.05) is 5.32 Å².